The van der Waals surface area contributed by atoms with E-state index >= 15 is 0 Å². The molecule has 16 heavy (non-hydrogen) atoms. The topological polar surface area (TPSA) is 56.3 Å². The second-order valence-corrected chi connectivity index (χ2v) is 3.43. The fourth-order valence-corrected chi connectivity index (χ4v) is 1.84. The van der Waals surface area contributed by atoms with Crippen LogP contribution in [0.4, 0.5) is 17.2 Å². The highest BCUT2D eigenvalue weighted by Gasteiger charge is 2.27. The predicted octanol–water partition coefficient (Wildman–Crippen LogP) is 2.07. The van der Waals surface area contributed by atoms with E-state index in [9.17, 15) is 0 Å². The Hall–Kier alpha value is -2.48. The molecule has 0 amide bonds. The Morgan fingerprint density at radius 1 is 1.31 bits per heavy atom. The smallest absolute Gasteiger partial charge is 0.186 e. The summed E-state index contributed by atoms with van der Waals surface area (Å²) in [5.41, 5.74) is 1.87. The molecule has 2 aromatic rings. The van der Waals surface area contributed by atoms with Crippen molar-refractivity contribution in [3.05, 3.63) is 36.9 Å². The number of hydrogen-bond donors (Lipinski definition) is 0. The van der Waals surface area contributed by atoms with Crippen LogP contribution in [0.1, 0.15) is 0 Å². The fourth-order valence-electron chi connectivity index (χ4n) is 1.84. The van der Waals surface area contributed by atoms with E-state index in [0.29, 0.717) is 12.5 Å². The molecule has 5 heteroatoms. The molecule has 0 fully saturated rings. The summed E-state index contributed by atoms with van der Waals surface area (Å²) >= 11 is 0. The molecule has 0 spiro atoms. The largest absolute Gasteiger partial charge is 0.449 e. The first-order valence-electron chi connectivity index (χ1n) is 4.82. The average molecular weight is 212 g/mol. The van der Waals surface area contributed by atoms with Gasteiger partial charge in [-0.1, -0.05) is 12.1 Å². The second kappa shape index (κ2) is 3.28. The third kappa shape index (κ3) is 1.13. The minimum Gasteiger partial charge on any atom is -0.449 e. The Morgan fingerprint density at radius 2 is 2.12 bits per heavy atom. The van der Waals surface area contributed by atoms with E-state index in [4.69, 9.17) is 9.68 Å². The predicted molar refractivity (Wildman–Crippen MR) is 58.0 cm³/mol. The van der Waals surface area contributed by atoms with E-state index in [1.807, 2.05) is 29.2 Å². The number of hydrogen-bond acceptors (Lipinski definition) is 5. The Labute approximate surface area is 92.1 Å². The Morgan fingerprint density at radius 3 is 2.81 bits per heavy atom. The minimum absolute atomic E-state index is 0.475. The molecule has 5 nitrogen and oxygen atoms in total. The highest BCUT2D eigenvalue weighted by atomic mass is 16.3. The molecule has 1 aromatic carbocycles. The number of oxazole rings is 1. The quantitative estimate of drug-likeness (QED) is 0.677. The van der Waals surface area contributed by atoms with E-state index in [-0.39, 0.29) is 0 Å². The molecule has 0 bridgehead atoms. The summed E-state index contributed by atoms with van der Waals surface area (Å²) in [6.07, 6.45) is 5.09. The van der Waals surface area contributed by atoms with Crippen molar-refractivity contribution >= 4 is 17.2 Å². The lowest BCUT2D eigenvalue weighted by atomic mass is 10.2. The molecule has 0 saturated heterocycles. The van der Waals surface area contributed by atoms with Gasteiger partial charge in [-0.05, 0) is 12.1 Å². The maximum atomic E-state index is 9.03. The Bertz CT molecular complexity index is 543. The van der Waals surface area contributed by atoms with Crippen molar-refractivity contribution in [1.29, 1.82) is 5.26 Å². The number of para-hydroxylation sites is 2. The number of fused-ring (bicyclic) bond motifs is 1. The lowest BCUT2D eigenvalue weighted by Crippen LogP contribution is -2.23. The molecule has 0 radical (unpaired) electrons. The van der Waals surface area contributed by atoms with Gasteiger partial charge in [0.25, 0.3) is 0 Å². The number of anilines is 3. The number of aromatic nitrogens is 1. The molecule has 1 aliphatic rings. The van der Waals surface area contributed by atoms with Crippen molar-refractivity contribution < 1.29 is 4.42 Å². The molecule has 0 aliphatic carbocycles. The van der Waals surface area contributed by atoms with Gasteiger partial charge in [-0.25, -0.2) is 0 Å². The van der Waals surface area contributed by atoms with Crippen molar-refractivity contribution in [1.82, 2.24) is 4.98 Å². The van der Waals surface area contributed by atoms with Gasteiger partial charge in [0.15, 0.2) is 18.4 Å². The minimum atomic E-state index is 0.475. The van der Waals surface area contributed by atoms with Gasteiger partial charge in [-0.3, -0.25) is 4.90 Å². The fraction of sp³-hybridized carbons (Fsp3) is 0.0909. The standard InChI is InChI=1S/C11H8N4O/c12-6-14-8-15(11-5-16-7-13-11)10-4-2-1-3-9(10)14/h1-5,7H,8H2. The van der Waals surface area contributed by atoms with Crippen LogP contribution in [0.15, 0.2) is 41.3 Å². The van der Waals surface area contributed by atoms with Gasteiger partial charge in [0.2, 0.25) is 0 Å². The van der Waals surface area contributed by atoms with Crippen LogP contribution < -0.4 is 9.80 Å². The first kappa shape index (κ1) is 8.80. The maximum Gasteiger partial charge on any atom is 0.186 e. The highest BCUT2D eigenvalue weighted by Crippen LogP contribution is 2.38. The number of nitrogens with zero attached hydrogens (tertiary/aromatic N) is 4. The van der Waals surface area contributed by atoms with Crippen LogP contribution in [-0.2, 0) is 0 Å². The number of nitriles is 1. The van der Waals surface area contributed by atoms with E-state index < -0.39 is 0 Å². The zero-order valence-electron chi connectivity index (χ0n) is 8.37. The second-order valence-electron chi connectivity index (χ2n) is 3.43. The summed E-state index contributed by atoms with van der Waals surface area (Å²) in [5.74, 6) is 0.713. The molecule has 2 heterocycles. The van der Waals surface area contributed by atoms with Gasteiger partial charge in [-0.2, -0.15) is 10.2 Å². The molecular formula is C11H8N4O. The van der Waals surface area contributed by atoms with Crippen LogP contribution in [0.3, 0.4) is 0 Å². The normalized spacial score (nSPS) is 13.7. The summed E-state index contributed by atoms with van der Waals surface area (Å²) in [7, 11) is 0. The summed E-state index contributed by atoms with van der Waals surface area (Å²) in [6, 6.07) is 7.72. The maximum absolute atomic E-state index is 9.03. The molecular weight excluding hydrogens is 204 g/mol. The van der Waals surface area contributed by atoms with E-state index in [1.165, 1.54) is 6.39 Å². The van der Waals surface area contributed by atoms with Gasteiger partial charge in [0.1, 0.15) is 12.9 Å². The first-order chi connectivity index (χ1) is 7.90. The SMILES string of the molecule is N#CN1CN(c2cocn2)c2ccccc21. The van der Waals surface area contributed by atoms with E-state index in [2.05, 4.69) is 11.2 Å². The monoisotopic (exact) mass is 212 g/mol. The van der Waals surface area contributed by atoms with Crippen LogP contribution >= 0.6 is 0 Å². The van der Waals surface area contributed by atoms with Crippen LogP contribution in [-0.4, -0.2) is 11.7 Å². The van der Waals surface area contributed by atoms with Crippen LogP contribution in [0, 0.1) is 11.5 Å². The molecule has 0 atom stereocenters. The van der Waals surface area contributed by atoms with Crippen molar-refractivity contribution in [3.63, 3.8) is 0 Å². The highest BCUT2D eigenvalue weighted by molar-refractivity contribution is 5.82. The molecule has 3 rings (SSSR count). The van der Waals surface area contributed by atoms with Crippen molar-refractivity contribution in [2.75, 3.05) is 16.5 Å². The van der Waals surface area contributed by atoms with Crippen LogP contribution in [0.2, 0.25) is 0 Å². The number of rotatable bonds is 1. The van der Waals surface area contributed by atoms with Gasteiger partial charge < -0.3 is 9.32 Å². The molecule has 0 saturated carbocycles. The third-order valence-electron chi connectivity index (χ3n) is 2.56. The van der Waals surface area contributed by atoms with Gasteiger partial charge in [0.05, 0.1) is 11.4 Å². The zero-order valence-corrected chi connectivity index (χ0v) is 8.37. The van der Waals surface area contributed by atoms with E-state index in [0.717, 1.165) is 11.4 Å². The van der Waals surface area contributed by atoms with Gasteiger partial charge in [0, 0.05) is 0 Å². The van der Waals surface area contributed by atoms with Crippen molar-refractivity contribution in [2.24, 2.45) is 0 Å². The van der Waals surface area contributed by atoms with Gasteiger partial charge in [-0.15, -0.1) is 0 Å². The molecule has 78 valence electrons. The molecule has 1 aromatic heterocycles. The summed E-state index contributed by atoms with van der Waals surface area (Å²) in [6.45, 7) is 0.475. The lowest BCUT2D eigenvalue weighted by molar-refractivity contribution is 0.558. The van der Waals surface area contributed by atoms with Crippen molar-refractivity contribution in [2.45, 2.75) is 0 Å². The lowest BCUT2D eigenvalue weighted by Gasteiger charge is -2.13. The Balaban J connectivity index is 2.10. The summed E-state index contributed by atoms with van der Waals surface area (Å²) in [5, 5.41) is 9.03. The molecule has 0 N–H and O–H groups in total. The summed E-state index contributed by atoms with van der Waals surface area (Å²) < 4.78 is 4.96. The summed E-state index contributed by atoms with van der Waals surface area (Å²) in [4.78, 5) is 7.64. The zero-order chi connectivity index (χ0) is 11.0. The average Bonchev–Trinajstić information content (AvgIpc) is 2.95. The Kier molecular flexibility index (Phi) is 1.80. The molecule has 0 unspecified atom stereocenters. The van der Waals surface area contributed by atoms with Gasteiger partial charge >= 0.3 is 0 Å². The first-order valence-corrected chi connectivity index (χ1v) is 4.82. The number of benzene rings is 1. The van der Waals surface area contributed by atoms with Crippen LogP contribution in [0.5, 0.6) is 0 Å². The van der Waals surface area contributed by atoms with E-state index in [1.54, 1.807) is 11.2 Å². The van der Waals surface area contributed by atoms with Crippen molar-refractivity contribution in [3.8, 4) is 6.19 Å². The third-order valence-corrected chi connectivity index (χ3v) is 2.56. The molecule has 1 aliphatic heterocycles. The van der Waals surface area contributed by atoms with Crippen LogP contribution in [0.25, 0.3) is 0 Å².